The van der Waals surface area contributed by atoms with Crippen molar-refractivity contribution in [3.63, 3.8) is 0 Å². The van der Waals surface area contributed by atoms with Crippen LogP contribution >= 0.6 is 11.6 Å². The summed E-state index contributed by atoms with van der Waals surface area (Å²) in [5.74, 6) is 0.160. The molecule has 1 aliphatic rings. The van der Waals surface area contributed by atoms with Gasteiger partial charge in [0.2, 0.25) is 0 Å². The van der Waals surface area contributed by atoms with Gasteiger partial charge in [-0.1, -0.05) is 11.6 Å². The van der Waals surface area contributed by atoms with Gasteiger partial charge >= 0.3 is 5.97 Å². The number of hydrogen-bond donors (Lipinski definition) is 1. The monoisotopic (exact) mass is 240 g/mol. The lowest BCUT2D eigenvalue weighted by Gasteiger charge is -2.14. The van der Waals surface area contributed by atoms with Crippen molar-refractivity contribution in [3.05, 3.63) is 28.8 Å². The second-order valence-electron chi connectivity index (χ2n) is 4.05. The van der Waals surface area contributed by atoms with Gasteiger partial charge in [-0.3, -0.25) is 0 Å². The van der Waals surface area contributed by atoms with Gasteiger partial charge in [-0.05, 0) is 49.4 Å². The van der Waals surface area contributed by atoms with Crippen LogP contribution in [0.2, 0.25) is 5.02 Å². The Bertz CT molecular complexity index is 413. The summed E-state index contributed by atoms with van der Waals surface area (Å²) in [6, 6.07) is 5.33. The summed E-state index contributed by atoms with van der Waals surface area (Å²) in [5, 5.41) is 9.46. The lowest BCUT2D eigenvalue weighted by molar-refractivity contribution is -0.144. The van der Waals surface area contributed by atoms with E-state index in [9.17, 15) is 4.79 Å². The normalized spacial score (nSPS) is 16.9. The van der Waals surface area contributed by atoms with Gasteiger partial charge < -0.3 is 9.84 Å². The Morgan fingerprint density at radius 3 is 2.81 bits per heavy atom. The third-order valence-corrected chi connectivity index (χ3v) is 2.88. The topological polar surface area (TPSA) is 46.5 Å². The second kappa shape index (κ2) is 4.34. The minimum Gasteiger partial charge on any atom is -0.479 e. The molecule has 0 aliphatic heterocycles. The van der Waals surface area contributed by atoms with Gasteiger partial charge in [-0.15, -0.1) is 0 Å². The van der Waals surface area contributed by atoms with E-state index in [0.29, 0.717) is 16.7 Å². The third-order valence-electron chi connectivity index (χ3n) is 2.64. The first-order valence-electron chi connectivity index (χ1n) is 5.27. The highest BCUT2D eigenvalue weighted by atomic mass is 35.5. The number of aliphatic carboxylic acids is 1. The molecule has 0 spiro atoms. The van der Waals surface area contributed by atoms with Gasteiger partial charge in [0.15, 0.2) is 6.10 Å². The van der Waals surface area contributed by atoms with Crippen LogP contribution in [0, 0.1) is 0 Å². The van der Waals surface area contributed by atoms with Gasteiger partial charge in [0.05, 0.1) is 0 Å². The van der Waals surface area contributed by atoms with Gasteiger partial charge in [0.1, 0.15) is 5.75 Å². The quantitative estimate of drug-likeness (QED) is 0.880. The Morgan fingerprint density at radius 2 is 2.25 bits per heavy atom. The first-order valence-corrected chi connectivity index (χ1v) is 5.64. The Balaban J connectivity index is 2.22. The first-order chi connectivity index (χ1) is 7.58. The molecule has 1 aromatic carbocycles. The van der Waals surface area contributed by atoms with Crippen LogP contribution in [0.3, 0.4) is 0 Å². The Kier molecular flexibility index (Phi) is 3.06. The molecule has 0 amide bonds. The van der Waals surface area contributed by atoms with Crippen LogP contribution < -0.4 is 4.74 Å². The fourth-order valence-electron chi connectivity index (χ4n) is 1.58. The van der Waals surface area contributed by atoms with Crippen molar-refractivity contribution in [2.75, 3.05) is 0 Å². The molecule has 0 aromatic heterocycles. The fraction of sp³-hybridized carbons (Fsp3) is 0.417. The SMILES string of the molecule is CC(Oc1ccc(Cl)cc1C1CC1)C(=O)O. The second-order valence-corrected chi connectivity index (χ2v) is 4.49. The zero-order chi connectivity index (χ0) is 11.7. The van der Waals surface area contributed by atoms with Crippen molar-refractivity contribution >= 4 is 17.6 Å². The smallest absolute Gasteiger partial charge is 0.344 e. The average molecular weight is 241 g/mol. The highest BCUT2D eigenvalue weighted by Gasteiger charge is 2.28. The molecule has 1 saturated carbocycles. The molecule has 3 nitrogen and oxygen atoms in total. The molecule has 0 heterocycles. The number of benzene rings is 1. The van der Waals surface area contributed by atoms with Crippen LogP contribution in [0.5, 0.6) is 5.75 Å². The van der Waals surface area contributed by atoms with E-state index in [-0.39, 0.29) is 0 Å². The van der Waals surface area contributed by atoms with E-state index < -0.39 is 12.1 Å². The molecule has 4 heteroatoms. The number of ether oxygens (including phenoxy) is 1. The Hall–Kier alpha value is -1.22. The summed E-state index contributed by atoms with van der Waals surface area (Å²) in [7, 11) is 0. The van der Waals surface area contributed by atoms with Crippen LogP contribution in [0.4, 0.5) is 0 Å². The van der Waals surface area contributed by atoms with Gasteiger partial charge in [-0.2, -0.15) is 0 Å². The molecular formula is C12H13ClO3. The third kappa shape index (κ3) is 2.47. The highest BCUT2D eigenvalue weighted by Crippen LogP contribution is 2.45. The van der Waals surface area contributed by atoms with Crippen molar-refractivity contribution in [2.45, 2.75) is 31.8 Å². The fourth-order valence-corrected chi connectivity index (χ4v) is 1.76. The van der Waals surface area contributed by atoms with E-state index in [4.69, 9.17) is 21.4 Å². The van der Waals surface area contributed by atoms with E-state index in [1.165, 1.54) is 6.92 Å². The van der Waals surface area contributed by atoms with Crippen LogP contribution in [0.15, 0.2) is 18.2 Å². The maximum absolute atomic E-state index is 10.7. The van der Waals surface area contributed by atoms with Crippen molar-refractivity contribution in [2.24, 2.45) is 0 Å². The average Bonchev–Trinajstić information content (AvgIpc) is 3.04. The van der Waals surface area contributed by atoms with Gasteiger partial charge in [-0.25, -0.2) is 4.79 Å². The van der Waals surface area contributed by atoms with Crippen LogP contribution in [-0.4, -0.2) is 17.2 Å². The summed E-state index contributed by atoms with van der Waals surface area (Å²) >= 11 is 5.92. The summed E-state index contributed by atoms with van der Waals surface area (Å²) in [6.07, 6.45) is 1.41. The molecule has 1 aromatic rings. The zero-order valence-corrected chi connectivity index (χ0v) is 9.70. The zero-order valence-electron chi connectivity index (χ0n) is 8.94. The molecule has 1 unspecified atom stereocenters. The summed E-state index contributed by atoms with van der Waals surface area (Å²) in [6.45, 7) is 1.52. The van der Waals surface area contributed by atoms with E-state index >= 15 is 0 Å². The van der Waals surface area contributed by atoms with E-state index in [2.05, 4.69) is 0 Å². The number of halogens is 1. The van der Waals surface area contributed by atoms with Crippen molar-refractivity contribution in [3.8, 4) is 5.75 Å². The van der Waals surface area contributed by atoms with Crippen LogP contribution in [0.1, 0.15) is 31.2 Å². The molecule has 1 N–H and O–H groups in total. The number of carboxylic acids is 1. The lowest BCUT2D eigenvalue weighted by Crippen LogP contribution is -2.23. The summed E-state index contributed by atoms with van der Waals surface area (Å²) < 4.78 is 5.41. The first kappa shape index (κ1) is 11.3. The van der Waals surface area contributed by atoms with Crippen molar-refractivity contribution in [1.29, 1.82) is 0 Å². The largest absolute Gasteiger partial charge is 0.479 e. The molecule has 0 bridgehead atoms. The number of carboxylic acid groups (broad SMARTS) is 1. The minimum absolute atomic E-state index is 0.481. The van der Waals surface area contributed by atoms with Crippen LogP contribution in [-0.2, 0) is 4.79 Å². The Morgan fingerprint density at radius 1 is 1.56 bits per heavy atom. The lowest BCUT2D eigenvalue weighted by atomic mass is 10.1. The van der Waals surface area contributed by atoms with Crippen molar-refractivity contribution < 1.29 is 14.6 Å². The van der Waals surface area contributed by atoms with Crippen molar-refractivity contribution in [1.82, 2.24) is 0 Å². The minimum atomic E-state index is -0.961. The molecule has 0 radical (unpaired) electrons. The standard InChI is InChI=1S/C12H13ClO3/c1-7(12(14)15)16-11-5-4-9(13)6-10(11)8-2-3-8/h4-8H,2-3H2,1H3,(H,14,15). The predicted octanol–water partition coefficient (Wildman–Crippen LogP) is 3.07. The molecule has 86 valence electrons. The van der Waals surface area contributed by atoms with E-state index in [0.717, 1.165) is 18.4 Å². The molecule has 16 heavy (non-hydrogen) atoms. The number of hydrogen-bond acceptors (Lipinski definition) is 2. The molecule has 1 fully saturated rings. The number of rotatable bonds is 4. The predicted molar refractivity (Wildman–Crippen MR) is 61.2 cm³/mol. The molecule has 2 rings (SSSR count). The maximum Gasteiger partial charge on any atom is 0.344 e. The molecule has 1 atom stereocenters. The highest BCUT2D eigenvalue weighted by molar-refractivity contribution is 6.30. The molecular weight excluding hydrogens is 228 g/mol. The maximum atomic E-state index is 10.7. The van der Waals surface area contributed by atoms with E-state index in [1.54, 1.807) is 12.1 Å². The van der Waals surface area contributed by atoms with Gasteiger partial charge in [0, 0.05) is 5.02 Å². The van der Waals surface area contributed by atoms with Gasteiger partial charge in [0.25, 0.3) is 0 Å². The molecule has 1 aliphatic carbocycles. The summed E-state index contributed by atoms with van der Waals surface area (Å²) in [4.78, 5) is 10.7. The van der Waals surface area contributed by atoms with Crippen LogP contribution in [0.25, 0.3) is 0 Å². The Labute approximate surface area is 99.0 Å². The number of carbonyl (C=O) groups is 1. The summed E-state index contributed by atoms with van der Waals surface area (Å²) in [5.41, 5.74) is 1.03. The van der Waals surface area contributed by atoms with E-state index in [1.807, 2.05) is 6.07 Å². The molecule has 0 saturated heterocycles.